The first kappa shape index (κ1) is 16.9. The Morgan fingerprint density at radius 2 is 2.08 bits per heavy atom. The van der Waals surface area contributed by atoms with E-state index in [2.05, 4.69) is 25.8 Å². The highest BCUT2D eigenvalue weighted by atomic mass is 79.9. The van der Waals surface area contributed by atoms with Gasteiger partial charge in [0.1, 0.15) is 11.6 Å². The highest BCUT2D eigenvalue weighted by Crippen LogP contribution is 2.24. The Hall–Kier alpha value is -1.95. The molecular formula is C18H19BrFN3O. The molecule has 1 saturated heterocycles. The second-order valence-corrected chi connectivity index (χ2v) is 6.88. The molecule has 3 rings (SSSR count). The van der Waals surface area contributed by atoms with Crippen LogP contribution in [0.3, 0.4) is 0 Å². The predicted octanol–water partition coefficient (Wildman–Crippen LogP) is 3.86. The molecule has 0 radical (unpaired) electrons. The van der Waals surface area contributed by atoms with Crippen LogP contribution in [0.2, 0.25) is 0 Å². The Morgan fingerprint density at radius 3 is 2.83 bits per heavy atom. The Morgan fingerprint density at radius 1 is 1.33 bits per heavy atom. The highest BCUT2D eigenvalue weighted by molar-refractivity contribution is 9.10. The molecule has 0 bridgehead atoms. The Labute approximate surface area is 149 Å². The van der Waals surface area contributed by atoms with E-state index < -0.39 is 0 Å². The van der Waals surface area contributed by atoms with Crippen molar-refractivity contribution < 1.29 is 9.18 Å². The van der Waals surface area contributed by atoms with Crippen molar-refractivity contribution in [1.82, 2.24) is 9.88 Å². The lowest BCUT2D eigenvalue weighted by atomic mass is 10.1. The lowest BCUT2D eigenvalue weighted by molar-refractivity contribution is 0.0784. The minimum absolute atomic E-state index is 0.149. The van der Waals surface area contributed by atoms with Gasteiger partial charge in [0.25, 0.3) is 5.91 Å². The van der Waals surface area contributed by atoms with E-state index in [4.69, 9.17) is 0 Å². The third-order valence-electron chi connectivity index (χ3n) is 4.18. The van der Waals surface area contributed by atoms with Crippen LogP contribution in [-0.4, -0.2) is 35.9 Å². The monoisotopic (exact) mass is 391 g/mol. The van der Waals surface area contributed by atoms with Crippen LogP contribution in [0, 0.1) is 5.82 Å². The third-order valence-corrected chi connectivity index (χ3v) is 4.68. The Balaban J connectivity index is 1.82. The van der Waals surface area contributed by atoms with Crippen LogP contribution in [0.15, 0.2) is 41.0 Å². The summed E-state index contributed by atoms with van der Waals surface area (Å²) in [5, 5.41) is 0. The van der Waals surface area contributed by atoms with Crippen LogP contribution in [0.25, 0.3) is 0 Å². The molecule has 24 heavy (non-hydrogen) atoms. The number of carbonyl (C=O) groups excluding carboxylic acids is 1. The smallest absolute Gasteiger partial charge is 0.257 e. The molecule has 0 aliphatic carbocycles. The molecule has 1 aliphatic heterocycles. The van der Waals surface area contributed by atoms with E-state index in [1.165, 1.54) is 11.0 Å². The van der Waals surface area contributed by atoms with Gasteiger partial charge in [-0.15, -0.1) is 0 Å². The summed E-state index contributed by atoms with van der Waals surface area (Å²) in [4.78, 5) is 20.9. The van der Waals surface area contributed by atoms with Gasteiger partial charge in [-0.1, -0.05) is 15.9 Å². The summed E-state index contributed by atoms with van der Waals surface area (Å²) in [6.07, 6.45) is 3.94. The van der Waals surface area contributed by atoms with Gasteiger partial charge in [-0.05, 0) is 43.2 Å². The molecular weight excluding hydrogens is 373 g/mol. The van der Waals surface area contributed by atoms with Gasteiger partial charge in [-0.25, -0.2) is 9.37 Å². The number of amides is 1. The molecule has 6 heteroatoms. The molecule has 0 N–H and O–H groups in total. The molecule has 1 aliphatic rings. The minimum atomic E-state index is -0.316. The maximum atomic E-state index is 13.9. The summed E-state index contributed by atoms with van der Waals surface area (Å²) >= 11 is 3.34. The topological polar surface area (TPSA) is 36.4 Å². The zero-order valence-corrected chi connectivity index (χ0v) is 15.1. The van der Waals surface area contributed by atoms with Crippen LogP contribution < -0.4 is 4.90 Å². The number of benzene rings is 1. The van der Waals surface area contributed by atoms with Crippen LogP contribution in [-0.2, 0) is 6.54 Å². The molecule has 0 atom stereocenters. The zero-order valence-electron chi connectivity index (χ0n) is 13.5. The van der Waals surface area contributed by atoms with Crippen LogP contribution >= 0.6 is 15.9 Å². The van der Waals surface area contributed by atoms with Gasteiger partial charge in [-0.3, -0.25) is 4.79 Å². The average molecular weight is 392 g/mol. The summed E-state index contributed by atoms with van der Waals surface area (Å²) in [5.74, 6) is 0.259. The van der Waals surface area contributed by atoms with Crippen molar-refractivity contribution in [3.8, 4) is 0 Å². The molecule has 1 aromatic carbocycles. The van der Waals surface area contributed by atoms with E-state index in [1.54, 1.807) is 37.5 Å². The quantitative estimate of drug-likeness (QED) is 0.793. The van der Waals surface area contributed by atoms with Crippen molar-refractivity contribution in [1.29, 1.82) is 0 Å². The first-order valence-electron chi connectivity index (χ1n) is 7.95. The fourth-order valence-corrected chi connectivity index (χ4v) is 3.35. The molecule has 0 spiro atoms. The minimum Gasteiger partial charge on any atom is -0.356 e. The predicted molar refractivity (Wildman–Crippen MR) is 95.6 cm³/mol. The van der Waals surface area contributed by atoms with Crippen LogP contribution in [0.1, 0.15) is 28.8 Å². The maximum Gasteiger partial charge on any atom is 0.257 e. The number of aromatic nitrogens is 1. The number of carbonyl (C=O) groups is 1. The molecule has 1 fully saturated rings. The van der Waals surface area contributed by atoms with Crippen molar-refractivity contribution in [2.45, 2.75) is 19.4 Å². The van der Waals surface area contributed by atoms with Gasteiger partial charge >= 0.3 is 0 Å². The van der Waals surface area contributed by atoms with E-state index in [1.807, 2.05) is 0 Å². The Kier molecular flexibility index (Phi) is 5.14. The summed E-state index contributed by atoms with van der Waals surface area (Å²) in [5.41, 5.74) is 1.05. The zero-order chi connectivity index (χ0) is 17.1. The first-order valence-corrected chi connectivity index (χ1v) is 8.75. The van der Waals surface area contributed by atoms with E-state index >= 15 is 0 Å². The molecule has 1 amide bonds. The number of halogens is 2. The van der Waals surface area contributed by atoms with E-state index in [-0.39, 0.29) is 18.3 Å². The number of pyridine rings is 1. The molecule has 0 unspecified atom stereocenters. The van der Waals surface area contributed by atoms with E-state index in [0.717, 1.165) is 36.2 Å². The summed E-state index contributed by atoms with van der Waals surface area (Å²) in [7, 11) is 1.68. The molecule has 2 aromatic rings. The molecule has 0 saturated carbocycles. The van der Waals surface area contributed by atoms with Crippen molar-refractivity contribution in [2.75, 3.05) is 25.0 Å². The third kappa shape index (κ3) is 3.59. The number of nitrogens with zero attached hydrogens (tertiary/aromatic N) is 3. The second kappa shape index (κ2) is 7.30. The SMILES string of the molecule is CN(Cc1cc(Br)ccc1F)C(=O)c1cccnc1N1CCCC1. The van der Waals surface area contributed by atoms with Gasteiger partial charge in [0, 0.05) is 42.9 Å². The maximum absolute atomic E-state index is 13.9. The van der Waals surface area contributed by atoms with E-state index in [0.29, 0.717) is 11.1 Å². The average Bonchev–Trinajstić information content (AvgIpc) is 3.12. The van der Waals surface area contributed by atoms with Gasteiger partial charge in [-0.2, -0.15) is 0 Å². The summed E-state index contributed by atoms with van der Waals surface area (Å²) < 4.78 is 14.7. The standard InChI is InChI=1S/C18H19BrFN3O/c1-22(12-13-11-14(19)6-7-16(13)20)18(24)15-5-4-8-21-17(15)23-9-2-3-10-23/h4-8,11H,2-3,9-10,12H2,1H3. The second-order valence-electron chi connectivity index (χ2n) is 5.97. The fraction of sp³-hybridized carbons (Fsp3) is 0.333. The van der Waals surface area contributed by atoms with Crippen molar-refractivity contribution in [3.05, 3.63) is 57.9 Å². The first-order chi connectivity index (χ1) is 11.6. The largest absolute Gasteiger partial charge is 0.356 e. The van der Waals surface area contributed by atoms with Gasteiger partial charge < -0.3 is 9.80 Å². The van der Waals surface area contributed by atoms with Crippen molar-refractivity contribution in [2.24, 2.45) is 0 Å². The van der Waals surface area contributed by atoms with Gasteiger partial charge in [0.05, 0.1) is 5.56 Å². The lowest BCUT2D eigenvalue weighted by Gasteiger charge is -2.23. The van der Waals surface area contributed by atoms with Gasteiger partial charge in [0.2, 0.25) is 0 Å². The number of hydrogen-bond acceptors (Lipinski definition) is 3. The van der Waals surface area contributed by atoms with Gasteiger partial charge in [0.15, 0.2) is 0 Å². The molecule has 2 heterocycles. The number of rotatable bonds is 4. The van der Waals surface area contributed by atoms with E-state index in [9.17, 15) is 9.18 Å². The van der Waals surface area contributed by atoms with Crippen molar-refractivity contribution >= 4 is 27.7 Å². The Bertz CT molecular complexity index is 747. The number of anilines is 1. The molecule has 1 aromatic heterocycles. The molecule has 126 valence electrons. The normalized spacial score (nSPS) is 14.0. The lowest BCUT2D eigenvalue weighted by Crippen LogP contribution is -2.30. The van der Waals surface area contributed by atoms with Crippen LogP contribution in [0.5, 0.6) is 0 Å². The number of hydrogen-bond donors (Lipinski definition) is 0. The fourth-order valence-electron chi connectivity index (χ4n) is 2.94. The highest BCUT2D eigenvalue weighted by Gasteiger charge is 2.23. The van der Waals surface area contributed by atoms with Crippen molar-refractivity contribution in [3.63, 3.8) is 0 Å². The summed E-state index contributed by atoms with van der Waals surface area (Å²) in [6.45, 7) is 2.04. The summed E-state index contributed by atoms with van der Waals surface area (Å²) in [6, 6.07) is 8.30. The molecule has 4 nitrogen and oxygen atoms in total. The van der Waals surface area contributed by atoms with Crippen LogP contribution in [0.4, 0.5) is 10.2 Å².